The Balaban J connectivity index is 0.00000342. The molecule has 0 radical (unpaired) electrons. The van der Waals surface area contributed by atoms with E-state index in [1.54, 1.807) is 0 Å². The Labute approximate surface area is 217 Å². The van der Waals surface area contributed by atoms with Crippen molar-refractivity contribution in [2.45, 2.75) is 63.6 Å². The molecule has 1 saturated carbocycles. The first-order valence-corrected chi connectivity index (χ1v) is 13.1. The average Bonchev–Trinajstić information content (AvgIpc) is 3.30. The van der Waals surface area contributed by atoms with Crippen molar-refractivity contribution in [3.05, 3.63) is 71.8 Å². The summed E-state index contributed by atoms with van der Waals surface area (Å²) in [6.07, 6.45) is 5.30. The molecule has 2 aliphatic rings. The molecule has 1 aliphatic carbocycles. The van der Waals surface area contributed by atoms with E-state index in [0.29, 0.717) is 24.5 Å². The molecule has 6 heteroatoms. The van der Waals surface area contributed by atoms with E-state index in [-0.39, 0.29) is 24.5 Å². The summed E-state index contributed by atoms with van der Waals surface area (Å²) in [4.78, 5) is 17.5. The number of carbonyl (C=O) groups excluding carboxylic acids is 1. The molecule has 1 heterocycles. The van der Waals surface area contributed by atoms with Crippen molar-refractivity contribution in [1.82, 2.24) is 15.1 Å². The van der Waals surface area contributed by atoms with Crippen LogP contribution in [0.15, 0.2) is 60.7 Å². The van der Waals surface area contributed by atoms with Crippen molar-refractivity contribution >= 4 is 18.5 Å². The first kappa shape index (κ1) is 27.5. The van der Waals surface area contributed by atoms with Gasteiger partial charge in [0.2, 0.25) is 0 Å². The normalized spacial score (nSPS) is 23.0. The van der Waals surface area contributed by atoms with Gasteiger partial charge >= 0.3 is 6.09 Å². The van der Waals surface area contributed by atoms with Crippen molar-refractivity contribution in [3.63, 3.8) is 0 Å². The number of amides is 1. The fourth-order valence-electron chi connectivity index (χ4n) is 5.88. The molecule has 2 aromatic carbocycles. The molecule has 3 unspecified atom stereocenters. The highest BCUT2D eigenvalue weighted by Gasteiger charge is 2.36. The molecule has 3 atom stereocenters. The second-order valence-electron chi connectivity index (χ2n) is 10.00. The Morgan fingerprint density at radius 1 is 1.03 bits per heavy atom. The highest BCUT2D eigenvalue weighted by Crippen LogP contribution is 2.40. The Bertz CT molecular complexity index is 874. The van der Waals surface area contributed by atoms with Crippen LogP contribution < -0.4 is 5.32 Å². The van der Waals surface area contributed by atoms with E-state index in [2.05, 4.69) is 54.5 Å². The van der Waals surface area contributed by atoms with Gasteiger partial charge in [-0.3, -0.25) is 0 Å². The lowest BCUT2D eigenvalue weighted by Gasteiger charge is -2.39. The molecular weight excluding hydrogens is 458 g/mol. The lowest BCUT2D eigenvalue weighted by molar-refractivity contribution is 0.0578. The maximum Gasteiger partial charge on any atom is 0.410 e. The third kappa shape index (κ3) is 7.45. The predicted molar refractivity (Wildman–Crippen MR) is 145 cm³/mol. The molecule has 5 nitrogen and oxygen atoms in total. The second-order valence-corrected chi connectivity index (χ2v) is 10.00. The van der Waals surface area contributed by atoms with Crippen molar-refractivity contribution < 1.29 is 9.53 Å². The summed E-state index contributed by atoms with van der Waals surface area (Å²) in [5, 5.41) is 3.53. The molecule has 1 amide bonds. The minimum Gasteiger partial charge on any atom is -0.445 e. The van der Waals surface area contributed by atoms with E-state index in [4.69, 9.17) is 4.74 Å². The van der Waals surface area contributed by atoms with Crippen LogP contribution in [0.1, 0.15) is 56.1 Å². The van der Waals surface area contributed by atoms with Crippen LogP contribution in [0.3, 0.4) is 0 Å². The lowest BCUT2D eigenvalue weighted by Crippen LogP contribution is -2.48. The van der Waals surface area contributed by atoms with Crippen LogP contribution in [-0.4, -0.2) is 61.2 Å². The van der Waals surface area contributed by atoms with Crippen LogP contribution in [0.4, 0.5) is 4.79 Å². The standard InChI is InChI=1S/C29H41N3O2.ClH/c1-3-16-32(29(33)34-22-23-10-6-4-7-11-23)27-14-17-31(18-15-27)21-25-19-26(30-2)20-28(25)24-12-8-5-9-13-24;/h4-13,25-28,30H,3,14-22H2,1-2H3;1H. The number of halogens is 1. The molecule has 1 aliphatic heterocycles. The van der Waals surface area contributed by atoms with Gasteiger partial charge in [0, 0.05) is 38.3 Å². The van der Waals surface area contributed by atoms with Gasteiger partial charge in [0.1, 0.15) is 6.61 Å². The number of hydrogen-bond acceptors (Lipinski definition) is 4. The molecule has 0 aromatic heterocycles. The van der Waals surface area contributed by atoms with Crippen LogP contribution in [0, 0.1) is 5.92 Å². The monoisotopic (exact) mass is 499 g/mol. The summed E-state index contributed by atoms with van der Waals surface area (Å²) in [5.74, 6) is 1.31. The lowest BCUT2D eigenvalue weighted by atomic mass is 9.88. The molecule has 2 fully saturated rings. The summed E-state index contributed by atoms with van der Waals surface area (Å²) in [6, 6.07) is 21.9. The van der Waals surface area contributed by atoms with Crippen LogP contribution in [0.25, 0.3) is 0 Å². The molecule has 1 N–H and O–H groups in total. The molecule has 35 heavy (non-hydrogen) atoms. The molecule has 0 spiro atoms. The van der Waals surface area contributed by atoms with Gasteiger partial charge < -0.3 is 19.9 Å². The third-order valence-corrected chi connectivity index (χ3v) is 7.73. The van der Waals surface area contributed by atoms with Gasteiger partial charge in [-0.05, 0) is 62.1 Å². The van der Waals surface area contributed by atoms with Gasteiger partial charge in [0.15, 0.2) is 0 Å². The molecule has 1 saturated heterocycles. The quantitative estimate of drug-likeness (QED) is 0.480. The van der Waals surface area contributed by atoms with E-state index < -0.39 is 0 Å². The minimum absolute atomic E-state index is 0. The van der Waals surface area contributed by atoms with Crippen molar-refractivity contribution in [3.8, 4) is 0 Å². The number of ether oxygens (including phenoxy) is 1. The summed E-state index contributed by atoms with van der Waals surface area (Å²) in [5.41, 5.74) is 2.52. The molecule has 2 aromatic rings. The molecule has 192 valence electrons. The Morgan fingerprint density at radius 3 is 2.31 bits per heavy atom. The topological polar surface area (TPSA) is 44.8 Å². The van der Waals surface area contributed by atoms with Crippen molar-refractivity contribution in [1.29, 1.82) is 0 Å². The number of likely N-dealkylation sites (tertiary alicyclic amines) is 1. The van der Waals surface area contributed by atoms with Crippen LogP contribution in [0.5, 0.6) is 0 Å². The number of nitrogens with one attached hydrogen (secondary N) is 1. The van der Waals surface area contributed by atoms with Gasteiger partial charge in [-0.1, -0.05) is 67.6 Å². The van der Waals surface area contributed by atoms with Crippen molar-refractivity contribution in [2.24, 2.45) is 5.92 Å². The summed E-state index contributed by atoms with van der Waals surface area (Å²) in [6.45, 7) is 6.50. The average molecular weight is 500 g/mol. The Morgan fingerprint density at radius 2 is 1.69 bits per heavy atom. The van der Waals surface area contributed by atoms with E-state index in [1.807, 2.05) is 35.2 Å². The van der Waals surface area contributed by atoms with E-state index in [9.17, 15) is 4.79 Å². The van der Waals surface area contributed by atoms with Gasteiger partial charge in [-0.15, -0.1) is 12.4 Å². The maximum atomic E-state index is 12.9. The molecule has 4 rings (SSSR count). The Hall–Kier alpha value is -2.08. The number of benzene rings is 2. The van der Waals surface area contributed by atoms with E-state index in [0.717, 1.165) is 51.0 Å². The zero-order valence-corrected chi connectivity index (χ0v) is 22.1. The first-order valence-electron chi connectivity index (χ1n) is 13.1. The number of nitrogens with zero attached hydrogens (tertiary/aromatic N) is 2. The minimum atomic E-state index is -0.166. The van der Waals surface area contributed by atoms with E-state index >= 15 is 0 Å². The van der Waals surface area contributed by atoms with E-state index in [1.165, 1.54) is 18.4 Å². The Kier molecular flexibility index (Phi) is 10.9. The van der Waals surface area contributed by atoms with Crippen LogP contribution >= 0.6 is 12.4 Å². The van der Waals surface area contributed by atoms with Gasteiger partial charge in [-0.25, -0.2) is 4.79 Å². The second kappa shape index (κ2) is 13.9. The van der Waals surface area contributed by atoms with Gasteiger partial charge in [0.25, 0.3) is 0 Å². The van der Waals surface area contributed by atoms with Gasteiger partial charge in [0.05, 0.1) is 0 Å². The molecule has 0 bridgehead atoms. The zero-order valence-electron chi connectivity index (χ0n) is 21.3. The third-order valence-electron chi connectivity index (χ3n) is 7.73. The van der Waals surface area contributed by atoms with Crippen molar-refractivity contribution in [2.75, 3.05) is 33.2 Å². The van der Waals surface area contributed by atoms with Crippen LogP contribution in [-0.2, 0) is 11.3 Å². The number of hydrogen-bond donors (Lipinski definition) is 1. The fraction of sp³-hybridized carbons (Fsp3) is 0.552. The molecular formula is C29H42ClN3O2. The highest BCUT2D eigenvalue weighted by molar-refractivity contribution is 5.85. The van der Waals surface area contributed by atoms with Crippen LogP contribution in [0.2, 0.25) is 0 Å². The maximum absolute atomic E-state index is 12.9. The summed E-state index contributed by atoms with van der Waals surface area (Å²) >= 11 is 0. The smallest absolute Gasteiger partial charge is 0.410 e. The number of carbonyl (C=O) groups is 1. The predicted octanol–water partition coefficient (Wildman–Crippen LogP) is 5.70. The van der Waals surface area contributed by atoms with Gasteiger partial charge in [-0.2, -0.15) is 0 Å². The number of piperidine rings is 1. The highest BCUT2D eigenvalue weighted by atomic mass is 35.5. The first-order chi connectivity index (χ1) is 16.7. The number of rotatable bonds is 9. The largest absolute Gasteiger partial charge is 0.445 e. The summed E-state index contributed by atoms with van der Waals surface area (Å²) in [7, 11) is 2.10. The SMILES string of the molecule is CCCN(C(=O)OCc1ccccc1)C1CCN(CC2CC(NC)CC2c2ccccc2)CC1.Cl. The summed E-state index contributed by atoms with van der Waals surface area (Å²) < 4.78 is 5.68. The zero-order chi connectivity index (χ0) is 23.8. The fourth-order valence-corrected chi connectivity index (χ4v) is 5.88.